The van der Waals surface area contributed by atoms with E-state index in [1.807, 2.05) is 11.0 Å². The van der Waals surface area contributed by atoms with Crippen LogP contribution in [-0.2, 0) is 11.3 Å². The van der Waals surface area contributed by atoms with Crippen LogP contribution in [0, 0.1) is 0 Å². The summed E-state index contributed by atoms with van der Waals surface area (Å²) in [6.45, 7) is 2.85. The van der Waals surface area contributed by atoms with E-state index in [2.05, 4.69) is 18.0 Å². The van der Waals surface area contributed by atoms with Gasteiger partial charge in [0.05, 0.1) is 6.04 Å². The summed E-state index contributed by atoms with van der Waals surface area (Å²) < 4.78 is 1.34. The molecule has 0 radical (unpaired) electrons. The molecule has 1 aliphatic heterocycles. The summed E-state index contributed by atoms with van der Waals surface area (Å²) in [7, 11) is 0. The van der Waals surface area contributed by atoms with E-state index in [9.17, 15) is 9.59 Å². The highest BCUT2D eigenvalue weighted by Gasteiger charge is 2.24. The lowest BCUT2D eigenvalue weighted by Gasteiger charge is -2.24. The average molecular weight is 261 g/mol. The van der Waals surface area contributed by atoms with Crippen molar-refractivity contribution in [2.45, 2.75) is 38.8 Å². The zero-order valence-corrected chi connectivity index (χ0v) is 11.2. The van der Waals surface area contributed by atoms with Crippen molar-refractivity contribution in [1.29, 1.82) is 0 Å². The largest absolute Gasteiger partial charge is 0.347 e. The van der Waals surface area contributed by atoms with E-state index < -0.39 is 0 Å². The third-order valence-corrected chi connectivity index (χ3v) is 3.32. The van der Waals surface area contributed by atoms with Crippen LogP contribution in [0.2, 0.25) is 0 Å². The van der Waals surface area contributed by atoms with Crippen LogP contribution in [0.15, 0.2) is 35.4 Å². The summed E-state index contributed by atoms with van der Waals surface area (Å²) in [4.78, 5) is 29.2. The van der Waals surface area contributed by atoms with Gasteiger partial charge in [0.2, 0.25) is 5.91 Å². The van der Waals surface area contributed by atoms with Gasteiger partial charge in [-0.25, -0.2) is 9.78 Å². The standard InChI is InChI=1S/C14H19N3O2/c1-2-3-6-12-7-4-10-17(12)13(18)11-16-9-5-8-15-14(16)19/h4-5,7-9,12H,2-3,6,10-11H2,1H3. The third-order valence-electron chi connectivity index (χ3n) is 3.32. The van der Waals surface area contributed by atoms with E-state index in [1.165, 1.54) is 10.8 Å². The maximum atomic E-state index is 12.2. The number of unbranched alkanes of at least 4 members (excludes halogenated alkanes) is 1. The lowest BCUT2D eigenvalue weighted by atomic mass is 10.1. The van der Waals surface area contributed by atoms with Crippen LogP contribution in [0.5, 0.6) is 0 Å². The van der Waals surface area contributed by atoms with Crippen molar-refractivity contribution >= 4 is 5.91 Å². The van der Waals surface area contributed by atoms with E-state index in [4.69, 9.17) is 0 Å². The van der Waals surface area contributed by atoms with Gasteiger partial charge in [-0.2, -0.15) is 0 Å². The molecule has 0 spiro atoms. The zero-order chi connectivity index (χ0) is 13.7. The lowest BCUT2D eigenvalue weighted by Crippen LogP contribution is -2.40. The molecule has 0 fully saturated rings. The van der Waals surface area contributed by atoms with Crippen LogP contribution in [0.25, 0.3) is 0 Å². The normalized spacial score (nSPS) is 17.9. The minimum absolute atomic E-state index is 0.0267. The van der Waals surface area contributed by atoms with Crippen molar-refractivity contribution < 1.29 is 4.79 Å². The summed E-state index contributed by atoms with van der Waals surface area (Å²) in [6, 6.07) is 1.84. The molecule has 1 aliphatic rings. The first-order chi connectivity index (χ1) is 9.22. The van der Waals surface area contributed by atoms with Gasteiger partial charge in [-0.1, -0.05) is 31.9 Å². The maximum absolute atomic E-state index is 12.2. The van der Waals surface area contributed by atoms with E-state index in [0.29, 0.717) is 6.54 Å². The number of nitrogens with zero attached hydrogens (tertiary/aromatic N) is 3. The third kappa shape index (κ3) is 3.30. The molecular formula is C14H19N3O2. The molecule has 1 aromatic rings. The number of hydrogen-bond donors (Lipinski definition) is 0. The van der Waals surface area contributed by atoms with Crippen LogP contribution in [0.1, 0.15) is 26.2 Å². The summed E-state index contributed by atoms with van der Waals surface area (Å²) in [5, 5.41) is 0. The van der Waals surface area contributed by atoms with Gasteiger partial charge in [0, 0.05) is 18.9 Å². The molecule has 5 heteroatoms. The van der Waals surface area contributed by atoms with Gasteiger partial charge in [0.15, 0.2) is 0 Å². The van der Waals surface area contributed by atoms with Crippen LogP contribution < -0.4 is 5.69 Å². The summed E-state index contributed by atoms with van der Waals surface area (Å²) in [5.41, 5.74) is -0.381. The molecule has 1 atom stereocenters. The van der Waals surface area contributed by atoms with Gasteiger partial charge in [-0.05, 0) is 12.5 Å². The average Bonchev–Trinajstić information content (AvgIpc) is 2.87. The van der Waals surface area contributed by atoms with Crippen LogP contribution in [0.3, 0.4) is 0 Å². The second-order valence-electron chi connectivity index (χ2n) is 4.71. The quantitative estimate of drug-likeness (QED) is 0.748. The fraction of sp³-hybridized carbons (Fsp3) is 0.500. The zero-order valence-electron chi connectivity index (χ0n) is 11.2. The Kier molecular flexibility index (Phi) is 4.49. The van der Waals surface area contributed by atoms with E-state index in [0.717, 1.165) is 19.3 Å². The summed E-state index contributed by atoms with van der Waals surface area (Å²) in [6.07, 6.45) is 10.3. The SMILES string of the molecule is CCCCC1C=CCN1C(=O)Cn1cccnc1=O. The molecule has 0 N–H and O–H groups in total. The van der Waals surface area contributed by atoms with E-state index in [1.54, 1.807) is 12.3 Å². The van der Waals surface area contributed by atoms with Crippen molar-refractivity contribution in [2.24, 2.45) is 0 Å². The van der Waals surface area contributed by atoms with Crippen LogP contribution in [0.4, 0.5) is 0 Å². The van der Waals surface area contributed by atoms with E-state index in [-0.39, 0.29) is 24.2 Å². The van der Waals surface area contributed by atoms with Gasteiger partial charge < -0.3 is 4.90 Å². The smallest absolute Gasteiger partial charge is 0.331 e. The highest BCUT2D eigenvalue weighted by atomic mass is 16.2. The van der Waals surface area contributed by atoms with Crippen molar-refractivity contribution in [3.8, 4) is 0 Å². The Morgan fingerprint density at radius 1 is 1.53 bits per heavy atom. The Hall–Kier alpha value is -1.91. The van der Waals surface area contributed by atoms with Crippen LogP contribution in [-0.4, -0.2) is 32.9 Å². The minimum Gasteiger partial charge on any atom is -0.331 e. The first kappa shape index (κ1) is 13.5. The molecule has 0 saturated heterocycles. The van der Waals surface area contributed by atoms with Crippen molar-refractivity contribution in [1.82, 2.24) is 14.5 Å². The first-order valence-corrected chi connectivity index (χ1v) is 6.70. The molecular weight excluding hydrogens is 242 g/mol. The molecule has 1 unspecified atom stereocenters. The molecule has 19 heavy (non-hydrogen) atoms. The minimum atomic E-state index is -0.381. The van der Waals surface area contributed by atoms with E-state index >= 15 is 0 Å². The Balaban J connectivity index is 2.00. The Bertz CT molecular complexity index is 521. The van der Waals surface area contributed by atoms with Crippen molar-refractivity contribution in [3.05, 3.63) is 41.1 Å². The van der Waals surface area contributed by atoms with Gasteiger partial charge in [0.25, 0.3) is 0 Å². The fourth-order valence-electron chi connectivity index (χ4n) is 2.27. The number of carbonyl (C=O) groups excluding carboxylic acids is 1. The Morgan fingerprint density at radius 3 is 3.11 bits per heavy atom. The second kappa shape index (κ2) is 6.31. The van der Waals surface area contributed by atoms with Crippen molar-refractivity contribution in [3.63, 3.8) is 0 Å². The first-order valence-electron chi connectivity index (χ1n) is 6.70. The number of carbonyl (C=O) groups is 1. The number of amides is 1. The predicted octanol–water partition coefficient (Wildman–Crippen LogP) is 1.20. The molecule has 1 amide bonds. The van der Waals surface area contributed by atoms with Gasteiger partial charge in [-0.15, -0.1) is 0 Å². The second-order valence-corrected chi connectivity index (χ2v) is 4.71. The molecule has 0 aromatic carbocycles. The monoisotopic (exact) mass is 261 g/mol. The predicted molar refractivity (Wildman–Crippen MR) is 72.7 cm³/mol. The number of aromatic nitrogens is 2. The summed E-state index contributed by atoms with van der Waals surface area (Å²) >= 11 is 0. The topological polar surface area (TPSA) is 55.2 Å². The lowest BCUT2D eigenvalue weighted by molar-refractivity contribution is -0.132. The highest BCUT2D eigenvalue weighted by molar-refractivity contribution is 5.77. The molecule has 5 nitrogen and oxygen atoms in total. The molecule has 0 aliphatic carbocycles. The van der Waals surface area contributed by atoms with Crippen molar-refractivity contribution in [2.75, 3.05) is 6.54 Å². The molecule has 102 valence electrons. The molecule has 2 heterocycles. The number of hydrogen-bond acceptors (Lipinski definition) is 3. The number of rotatable bonds is 5. The Labute approximate surface area is 112 Å². The Morgan fingerprint density at radius 2 is 2.37 bits per heavy atom. The fourth-order valence-corrected chi connectivity index (χ4v) is 2.27. The molecule has 0 bridgehead atoms. The van der Waals surface area contributed by atoms with Gasteiger partial charge in [0.1, 0.15) is 6.54 Å². The summed E-state index contributed by atoms with van der Waals surface area (Å²) in [5.74, 6) is -0.0267. The molecule has 1 aromatic heterocycles. The molecule has 2 rings (SSSR count). The maximum Gasteiger partial charge on any atom is 0.347 e. The van der Waals surface area contributed by atoms with Gasteiger partial charge in [-0.3, -0.25) is 9.36 Å². The highest BCUT2D eigenvalue weighted by Crippen LogP contribution is 2.16. The van der Waals surface area contributed by atoms with Gasteiger partial charge >= 0.3 is 5.69 Å². The molecule has 0 saturated carbocycles. The van der Waals surface area contributed by atoms with Crippen LogP contribution >= 0.6 is 0 Å².